The summed E-state index contributed by atoms with van der Waals surface area (Å²) in [6.07, 6.45) is 0. The molecule has 0 aliphatic rings. The average Bonchev–Trinajstić information content (AvgIpc) is 2.58. The fourth-order valence-electron chi connectivity index (χ4n) is 2.12. The Morgan fingerprint density at radius 1 is 1.12 bits per heavy atom. The number of carbonyl (C=O) groups is 2. The van der Waals surface area contributed by atoms with Gasteiger partial charge in [-0.2, -0.15) is 0 Å². The molecule has 0 atom stereocenters. The molecule has 0 fully saturated rings. The van der Waals surface area contributed by atoms with Gasteiger partial charge in [0.05, 0.1) is 11.5 Å². The lowest BCUT2D eigenvalue weighted by molar-refractivity contribution is -0.385. The van der Waals surface area contributed by atoms with Gasteiger partial charge in [-0.15, -0.1) is 5.75 Å². The van der Waals surface area contributed by atoms with Gasteiger partial charge < -0.3 is 15.7 Å². The summed E-state index contributed by atoms with van der Waals surface area (Å²) < 4.78 is 0. The number of nitro groups is 1. The van der Waals surface area contributed by atoms with Crippen LogP contribution >= 0.6 is 0 Å². The Morgan fingerprint density at radius 2 is 1.88 bits per heavy atom. The predicted octanol–water partition coefficient (Wildman–Crippen LogP) is 1.02. The second kappa shape index (κ2) is 7.91. The van der Waals surface area contributed by atoms with Crippen molar-refractivity contribution in [2.75, 3.05) is 6.54 Å². The highest BCUT2D eigenvalue weighted by molar-refractivity contribution is 5.96. The van der Waals surface area contributed by atoms with Gasteiger partial charge in [0, 0.05) is 24.2 Å². The number of nitrogens with zero attached hydrogens (tertiary/aromatic N) is 1. The molecular formula is C17H16N3O5-. The van der Waals surface area contributed by atoms with E-state index >= 15 is 0 Å². The van der Waals surface area contributed by atoms with E-state index in [4.69, 9.17) is 0 Å². The first-order valence-electron chi connectivity index (χ1n) is 7.42. The molecule has 0 aliphatic heterocycles. The molecule has 2 N–H and O–H groups in total. The van der Waals surface area contributed by atoms with Crippen molar-refractivity contribution in [1.29, 1.82) is 0 Å². The molecule has 2 aromatic carbocycles. The standard InChI is InChI=1S/C17H17N3O5/c1-11-3-2-4-12(7-11)17(23)19-10-16(22)18-9-13-8-14(20(24)25)5-6-15(13)21/h2-8,21H,9-10H2,1H3,(H,18,22)(H,19,23)/p-1. The number of nitro benzene ring substituents is 1. The van der Waals surface area contributed by atoms with E-state index in [1.807, 2.05) is 13.0 Å². The van der Waals surface area contributed by atoms with E-state index in [0.717, 1.165) is 23.8 Å². The zero-order valence-electron chi connectivity index (χ0n) is 13.4. The highest BCUT2D eigenvalue weighted by Gasteiger charge is 2.10. The van der Waals surface area contributed by atoms with E-state index in [-0.39, 0.29) is 24.3 Å². The topological polar surface area (TPSA) is 124 Å². The van der Waals surface area contributed by atoms with Crippen LogP contribution in [0, 0.1) is 17.0 Å². The first-order valence-corrected chi connectivity index (χ1v) is 7.42. The zero-order valence-corrected chi connectivity index (χ0v) is 13.4. The minimum Gasteiger partial charge on any atom is -0.872 e. The van der Waals surface area contributed by atoms with Gasteiger partial charge in [-0.25, -0.2) is 0 Å². The molecule has 0 radical (unpaired) electrons. The Balaban J connectivity index is 1.88. The van der Waals surface area contributed by atoms with Gasteiger partial charge in [0.2, 0.25) is 5.91 Å². The first kappa shape index (κ1) is 17.9. The Morgan fingerprint density at radius 3 is 2.56 bits per heavy atom. The molecule has 0 saturated heterocycles. The molecule has 0 bridgehead atoms. The molecule has 2 rings (SSSR count). The molecule has 2 amide bonds. The van der Waals surface area contributed by atoms with Crippen LogP contribution in [0.15, 0.2) is 42.5 Å². The molecule has 0 spiro atoms. The maximum absolute atomic E-state index is 11.9. The predicted molar refractivity (Wildman–Crippen MR) is 87.9 cm³/mol. The first-order chi connectivity index (χ1) is 11.9. The largest absolute Gasteiger partial charge is 0.872 e. The summed E-state index contributed by atoms with van der Waals surface area (Å²) in [6.45, 7) is 1.43. The number of benzene rings is 2. The Kier molecular flexibility index (Phi) is 5.67. The molecule has 2 aromatic rings. The molecule has 0 aromatic heterocycles. The highest BCUT2D eigenvalue weighted by Crippen LogP contribution is 2.20. The highest BCUT2D eigenvalue weighted by atomic mass is 16.6. The van der Waals surface area contributed by atoms with Gasteiger partial charge in [-0.05, 0) is 24.6 Å². The maximum Gasteiger partial charge on any atom is 0.269 e. The van der Waals surface area contributed by atoms with Gasteiger partial charge in [0.25, 0.3) is 11.6 Å². The summed E-state index contributed by atoms with van der Waals surface area (Å²) in [4.78, 5) is 33.8. The van der Waals surface area contributed by atoms with E-state index in [0.29, 0.717) is 5.56 Å². The average molecular weight is 342 g/mol. The number of hydrogen-bond acceptors (Lipinski definition) is 5. The molecule has 130 valence electrons. The van der Waals surface area contributed by atoms with E-state index in [1.54, 1.807) is 18.2 Å². The Hall–Kier alpha value is -3.42. The van der Waals surface area contributed by atoms with Crippen LogP contribution in [-0.4, -0.2) is 23.3 Å². The summed E-state index contributed by atoms with van der Waals surface area (Å²) in [5, 5.41) is 27.3. The molecule has 8 nitrogen and oxygen atoms in total. The number of nitrogens with one attached hydrogen (secondary N) is 2. The van der Waals surface area contributed by atoms with Crippen molar-refractivity contribution < 1.29 is 19.6 Å². The minimum absolute atomic E-state index is 0.104. The lowest BCUT2D eigenvalue weighted by atomic mass is 10.1. The van der Waals surface area contributed by atoms with Crippen LogP contribution in [0.1, 0.15) is 21.5 Å². The number of aryl methyl sites for hydroxylation is 1. The third-order valence-electron chi connectivity index (χ3n) is 3.42. The number of rotatable bonds is 6. The monoisotopic (exact) mass is 342 g/mol. The molecule has 0 aliphatic carbocycles. The maximum atomic E-state index is 11.9. The van der Waals surface area contributed by atoms with Gasteiger partial charge in [-0.1, -0.05) is 23.8 Å². The van der Waals surface area contributed by atoms with E-state index in [9.17, 15) is 24.8 Å². The summed E-state index contributed by atoms with van der Waals surface area (Å²) in [6, 6.07) is 10.2. The summed E-state index contributed by atoms with van der Waals surface area (Å²) in [5.41, 5.74) is 1.24. The van der Waals surface area contributed by atoms with Crippen molar-refractivity contribution in [2.45, 2.75) is 13.5 Å². The van der Waals surface area contributed by atoms with E-state index in [1.165, 1.54) is 0 Å². The van der Waals surface area contributed by atoms with Crippen LogP contribution in [0.4, 0.5) is 5.69 Å². The molecule has 0 saturated carbocycles. The van der Waals surface area contributed by atoms with Crippen molar-refractivity contribution in [3.8, 4) is 5.75 Å². The van der Waals surface area contributed by atoms with Gasteiger partial charge >= 0.3 is 0 Å². The van der Waals surface area contributed by atoms with Crippen LogP contribution in [0.25, 0.3) is 0 Å². The van der Waals surface area contributed by atoms with Crippen molar-refractivity contribution in [2.24, 2.45) is 0 Å². The number of non-ortho nitro benzene ring substituents is 1. The van der Waals surface area contributed by atoms with Crippen molar-refractivity contribution >= 4 is 17.5 Å². The number of amides is 2. The second-order valence-electron chi connectivity index (χ2n) is 5.38. The SMILES string of the molecule is Cc1cccc(C(=O)NCC(=O)NCc2cc([N+](=O)[O-])ccc2[O-])c1. The smallest absolute Gasteiger partial charge is 0.269 e. The molecule has 0 heterocycles. The van der Waals surface area contributed by atoms with Crippen LogP contribution in [0.3, 0.4) is 0 Å². The fraction of sp³-hybridized carbons (Fsp3) is 0.176. The quantitative estimate of drug-likeness (QED) is 0.599. The molecular weight excluding hydrogens is 326 g/mol. The van der Waals surface area contributed by atoms with Crippen LogP contribution in [0.2, 0.25) is 0 Å². The minimum atomic E-state index is -0.618. The number of hydrogen-bond donors (Lipinski definition) is 2. The van der Waals surface area contributed by atoms with Gasteiger partial charge in [0.1, 0.15) is 0 Å². The normalized spacial score (nSPS) is 10.1. The summed E-state index contributed by atoms with van der Waals surface area (Å²) in [5.74, 6) is -1.31. The summed E-state index contributed by atoms with van der Waals surface area (Å²) in [7, 11) is 0. The second-order valence-corrected chi connectivity index (χ2v) is 5.38. The van der Waals surface area contributed by atoms with Gasteiger partial charge in [-0.3, -0.25) is 19.7 Å². The summed E-state index contributed by atoms with van der Waals surface area (Å²) >= 11 is 0. The van der Waals surface area contributed by atoms with Crippen LogP contribution in [-0.2, 0) is 11.3 Å². The number of carbonyl (C=O) groups excluding carboxylic acids is 2. The van der Waals surface area contributed by atoms with E-state index in [2.05, 4.69) is 10.6 Å². The van der Waals surface area contributed by atoms with Crippen molar-refractivity contribution in [1.82, 2.24) is 10.6 Å². The van der Waals surface area contributed by atoms with Crippen LogP contribution < -0.4 is 15.7 Å². The van der Waals surface area contributed by atoms with Crippen molar-refractivity contribution in [3.63, 3.8) is 0 Å². The molecule has 25 heavy (non-hydrogen) atoms. The lowest BCUT2D eigenvalue weighted by Crippen LogP contribution is -2.36. The van der Waals surface area contributed by atoms with E-state index < -0.39 is 22.5 Å². The molecule has 8 heteroatoms. The third kappa shape index (κ3) is 5.03. The zero-order chi connectivity index (χ0) is 18.4. The molecule has 0 unspecified atom stereocenters. The lowest BCUT2D eigenvalue weighted by Gasteiger charge is -2.14. The van der Waals surface area contributed by atoms with Gasteiger partial charge in [0.15, 0.2) is 0 Å². The Bertz CT molecular complexity index is 820. The fourth-order valence-corrected chi connectivity index (χ4v) is 2.12. The van der Waals surface area contributed by atoms with Crippen LogP contribution in [0.5, 0.6) is 5.75 Å². The van der Waals surface area contributed by atoms with Crippen molar-refractivity contribution in [3.05, 3.63) is 69.3 Å². The third-order valence-corrected chi connectivity index (χ3v) is 3.42. The Labute approximate surface area is 143 Å².